The molecule has 0 aromatic rings. The first-order valence-electron chi connectivity index (χ1n) is 10.5. The molecule has 28 heavy (non-hydrogen) atoms. The Kier molecular flexibility index (Phi) is 4.66. The summed E-state index contributed by atoms with van der Waals surface area (Å²) in [4.78, 5) is 12.2. The molecule has 0 aliphatic heterocycles. The molecular weight excluding hydrogens is 380 g/mol. The largest absolute Gasteiger partial charge is 0.400 e. The van der Waals surface area contributed by atoms with Gasteiger partial charge in [-0.05, 0) is 85.5 Å². The van der Waals surface area contributed by atoms with Gasteiger partial charge in [-0.1, -0.05) is 19.9 Å². The van der Waals surface area contributed by atoms with Crippen LogP contribution in [0.15, 0.2) is 11.6 Å². The number of Topliss-reactive ketones (excluding diaryl/α,β-unsaturated/α-hetero) is 1. The van der Waals surface area contributed by atoms with Gasteiger partial charge in [0.1, 0.15) is 0 Å². The minimum Gasteiger partial charge on any atom is -0.364 e. The lowest BCUT2D eigenvalue weighted by Crippen LogP contribution is -2.56. The lowest BCUT2D eigenvalue weighted by atomic mass is 9.44. The predicted molar refractivity (Wildman–Crippen MR) is 103 cm³/mol. The lowest BCUT2D eigenvalue weighted by Gasteiger charge is -2.61. The number of rotatable bonds is 3. The van der Waals surface area contributed by atoms with Crippen LogP contribution in [-0.4, -0.2) is 29.6 Å². The summed E-state index contributed by atoms with van der Waals surface area (Å²) in [5.74, 6) is 0.136. The van der Waals surface area contributed by atoms with Crippen molar-refractivity contribution in [3.8, 4) is 0 Å². The van der Waals surface area contributed by atoms with Crippen molar-refractivity contribution in [2.75, 3.05) is 0 Å². The molecule has 0 bridgehead atoms. The minimum absolute atomic E-state index is 0.0142. The highest BCUT2D eigenvalue weighted by molar-refractivity contribution is 7.80. The van der Waals surface area contributed by atoms with E-state index in [2.05, 4.69) is 24.1 Å². The molecule has 0 aromatic carbocycles. The van der Waals surface area contributed by atoms with Crippen LogP contribution in [0.5, 0.6) is 0 Å². The third kappa shape index (κ3) is 3.09. The molecule has 4 aliphatic rings. The SMILES string of the molecule is CC(=O)C1=CC[C@H]2[C@@H]3CCC4C[C@](O)(OS(=O)(=O)O)CC[C@]4(C)[C@H]3CC[C@]12C. The van der Waals surface area contributed by atoms with Gasteiger partial charge in [0.2, 0.25) is 0 Å². The summed E-state index contributed by atoms with van der Waals surface area (Å²) in [7, 11) is -4.69. The van der Waals surface area contributed by atoms with E-state index in [1.165, 1.54) is 0 Å². The van der Waals surface area contributed by atoms with Crippen molar-refractivity contribution >= 4 is 16.2 Å². The highest BCUT2D eigenvalue weighted by Crippen LogP contribution is 2.67. The van der Waals surface area contributed by atoms with Gasteiger partial charge in [0, 0.05) is 12.8 Å². The first kappa shape index (κ1) is 20.5. The second kappa shape index (κ2) is 6.37. The van der Waals surface area contributed by atoms with E-state index >= 15 is 0 Å². The zero-order chi connectivity index (χ0) is 20.5. The van der Waals surface area contributed by atoms with E-state index in [1.807, 2.05) is 0 Å². The van der Waals surface area contributed by atoms with Crippen molar-refractivity contribution in [2.45, 2.75) is 77.9 Å². The van der Waals surface area contributed by atoms with Crippen molar-refractivity contribution in [3.05, 3.63) is 11.6 Å². The van der Waals surface area contributed by atoms with E-state index in [-0.39, 0.29) is 35.4 Å². The number of fused-ring (bicyclic) bond motifs is 5. The molecule has 0 radical (unpaired) electrons. The Morgan fingerprint density at radius 1 is 1.14 bits per heavy atom. The molecule has 1 unspecified atom stereocenters. The average molecular weight is 413 g/mol. The van der Waals surface area contributed by atoms with Gasteiger partial charge >= 0.3 is 10.4 Å². The van der Waals surface area contributed by atoms with E-state index < -0.39 is 16.2 Å². The van der Waals surface area contributed by atoms with Gasteiger partial charge in [0.25, 0.3) is 0 Å². The summed E-state index contributed by atoms with van der Waals surface area (Å²) in [6.07, 6.45) is 8.30. The van der Waals surface area contributed by atoms with Crippen LogP contribution in [0.25, 0.3) is 0 Å². The number of hydrogen-bond acceptors (Lipinski definition) is 5. The highest BCUT2D eigenvalue weighted by Gasteiger charge is 2.60. The smallest absolute Gasteiger partial charge is 0.364 e. The monoisotopic (exact) mass is 412 g/mol. The minimum atomic E-state index is -4.69. The molecule has 0 heterocycles. The van der Waals surface area contributed by atoms with Crippen molar-refractivity contribution in [1.82, 2.24) is 0 Å². The van der Waals surface area contributed by atoms with Crippen LogP contribution in [0.4, 0.5) is 0 Å². The van der Waals surface area contributed by atoms with Crippen LogP contribution < -0.4 is 0 Å². The first-order chi connectivity index (χ1) is 12.9. The van der Waals surface area contributed by atoms with Gasteiger partial charge < -0.3 is 5.11 Å². The molecule has 3 saturated carbocycles. The predicted octanol–water partition coefficient (Wildman–Crippen LogP) is 3.66. The summed E-state index contributed by atoms with van der Waals surface area (Å²) in [5.41, 5.74) is 1.03. The van der Waals surface area contributed by atoms with Crippen molar-refractivity contribution in [2.24, 2.45) is 34.5 Å². The van der Waals surface area contributed by atoms with E-state index in [0.717, 1.165) is 37.7 Å². The number of ketones is 1. The van der Waals surface area contributed by atoms with E-state index in [9.17, 15) is 18.3 Å². The zero-order valence-electron chi connectivity index (χ0n) is 17.0. The Morgan fingerprint density at radius 2 is 1.86 bits per heavy atom. The highest BCUT2D eigenvalue weighted by atomic mass is 32.3. The summed E-state index contributed by atoms with van der Waals surface area (Å²) >= 11 is 0. The summed E-state index contributed by atoms with van der Waals surface area (Å²) in [5, 5.41) is 10.6. The molecular formula is C21H32O6S. The molecule has 2 N–H and O–H groups in total. The third-order valence-corrected chi connectivity index (χ3v) is 9.43. The fourth-order valence-corrected chi connectivity index (χ4v) is 8.14. The van der Waals surface area contributed by atoms with Crippen LogP contribution in [0.2, 0.25) is 0 Å². The molecule has 4 aliphatic carbocycles. The fraction of sp³-hybridized carbons (Fsp3) is 0.857. The second-order valence-electron chi connectivity index (χ2n) is 10.2. The Bertz CT molecular complexity index is 819. The van der Waals surface area contributed by atoms with Gasteiger partial charge in [-0.2, -0.15) is 8.42 Å². The van der Waals surface area contributed by atoms with Crippen LogP contribution in [-0.2, 0) is 19.4 Å². The topological polar surface area (TPSA) is 101 Å². The van der Waals surface area contributed by atoms with E-state index in [1.54, 1.807) is 6.92 Å². The van der Waals surface area contributed by atoms with Crippen molar-refractivity contribution in [1.29, 1.82) is 0 Å². The normalized spacial score (nSPS) is 48.2. The van der Waals surface area contributed by atoms with E-state index in [4.69, 9.17) is 4.55 Å². The van der Waals surface area contributed by atoms with Gasteiger partial charge in [0.15, 0.2) is 11.6 Å². The Balaban J connectivity index is 1.56. The quantitative estimate of drug-likeness (QED) is 0.542. The maximum Gasteiger partial charge on any atom is 0.400 e. The average Bonchev–Trinajstić information content (AvgIpc) is 2.91. The number of hydrogen-bond donors (Lipinski definition) is 2. The van der Waals surface area contributed by atoms with Crippen molar-refractivity contribution in [3.63, 3.8) is 0 Å². The molecule has 7 atom stereocenters. The molecule has 0 aromatic heterocycles. The molecule has 0 amide bonds. The van der Waals surface area contributed by atoms with Gasteiger partial charge in [-0.3, -0.25) is 9.35 Å². The third-order valence-electron chi connectivity index (χ3n) is 8.91. The molecule has 0 saturated heterocycles. The molecule has 158 valence electrons. The number of aliphatic hydroxyl groups is 1. The Morgan fingerprint density at radius 3 is 2.50 bits per heavy atom. The van der Waals surface area contributed by atoms with E-state index in [0.29, 0.717) is 24.2 Å². The lowest BCUT2D eigenvalue weighted by molar-refractivity contribution is -0.217. The maximum absolute atomic E-state index is 12.2. The van der Waals surface area contributed by atoms with Crippen LogP contribution in [0.1, 0.15) is 72.1 Å². The molecule has 3 fully saturated rings. The Hall–Kier alpha value is -0.760. The van der Waals surface area contributed by atoms with Crippen LogP contribution >= 0.6 is 0 Å². The Labute approximate surface area is 167 Å². The zero-order valence-corrected chi connectivity index (χ0v) is 17.8. The standard InChI is InChI=1S/C21H32O6S/c1-13(22)16-6-7-17-15-5-4-14-12-21(23,27-28(24,25)26)11-10-19(14,2)18(15)8-9-20(16,17)3/h6,14-15,17-18,23H,4-5,7-12H2,1-3H3,(H,24,25,26)/t14?,15-,17-,18-,19-,20+,21+/m0/s1. The summed E-state index contributed by atoms with van der Waals surface area (Å²) in [6.45, 7) is 6.24. The van der Waals surface area contributed by atoms with Gasteiger partial charge in [-0.15, -0.1) is 0 Å². The van der Waals surface area contributed by atoms with Gasteiger partial charge in [-0.25, -0.2) is 4.18 Å². The number of carbonyl (C=O) groups excluding carboxylic acids is 1. The number of carbonyl (C=O) groups is 1. The molecule has 4 rings (SSSR count). The first-order valence-corrected chi connectivity index (χ1v) is 11.9. The second-order valence-corrected chi connectivity index (χ2v) is 11.2. The van der Waals surface area contributed by atoms with Crippen molar-refractivity contribution < 1.29 is 27.1 Å². The molecule has 0 spiro atoms. The maximum atomic E-state index is 12.2. The molecule has 7 heteroatoms. The van der Waals surface area contributed by atoms with Gasteiger partial charge in [0.05, 0.1) is 0 Å². The van der Waals surface area contributed by atoms with Crippen LogP contribution in [0, 0.1) is 34.5 Å². The van der Waals surface area contributed by atoms with Crippen LogP contribution in [0.3, 0.4) is 0 Å². The number of allylic oxidation sites excluding steroid dienone is 2. The fourth-order valence-electron chi connectivity index (χ4n) is 7.60. The summed E-state index contributed by atoms with van der Waals surface area (Å²) in [6, 6.07) is 0. The summed E-state index contributed by atoms with van der Waals surface area (Å²) < 4.78 is 36.0. The molecule has 6 nitrogen and oxygen atoms in total.